The number of pyridine rings is 1. The Morgan fingerprint density at radius 2 is 2.22 bits per heavy atom. The zero-order valence-corrected chi connectivity index (χ0v) is 11.3. The van der Waals surface area contributed by atoms with Crippen LogP contribution in [0.3, 0.4) is 0 Å². The second kappa shape index (κ2) is 7.66. The quantitative estimate of drug-likeness (QED) is 0.748. The minimum Gasteiger partial charge on any atom is -0.385 e. The van der Waals surface area contributed by atoms with Gasteiger partial charge in [-0.1, -0.05) is 0 Å². The van der Waals surface area contributed by atoms with Gasteiger partial charge in [-0.2, -0.15) is 0 Å². The molecule has 0 aliphatic carbocycles. The van der Waals surface area contributed by atoms with Crippen molar-refractivity contribution in [3.63, 3.8) is 0 Å². The van der Waals surface area contributed by atoms with Crippen LogP contribution in [0.25, 0.3) is 0 Å². The van der Waals surface area contributed by atoms with E-state index in [1.807, 2.05) is 6.07 Å². The molecule has 1 heterocycles. The summed E-state index contributed by atoms with van der Waals surface area (Å²) in [4.78, 5) is 17.3. The summed E-state index contributed by atoms with van der Waals surface area (Å²) >= 11 is 0. The highest BCUT2D eigenvalue weighted by Crippen LogP contribution is 2.09. The van der Waals surface area contributed by atoms with Gasteiger partial charge in [0, 0.05) is 46.2 Å². The van der Waals surface area contributed by atoms with Crippen molar-refractivity contribution in [1.82, 2.24) is 9.88 Å². The lowest BCUT2D eigenvalue weighted by molar-refractivity contribution is 0.0822. The maximum Gasteiger partial charge on any atom is 0.272 e. The minimum atomic E-state index is -0.0852. The molecule has 0 unspecified atom stereocenters. The number of unbranched alkanes of at least 4 members (excludes halogenated alkanes) is 1. The monoisotopic (exact) mass is 251 g/mol. The molecule has 0 radical (unpaired) electrons. The number of carbonyl (C=O) groups excluding carboxylic acids is 1. The lowest BCUT2D eigenvalue weighted by Gasteiger charge is -2.11. The number of anilines is 1. The zero-order valence-electron chi connectivity index (χ0n) is 11.3. The number of carbonyl (C=O) groups is 1. The average molecular weight is 251 g/mol. The van der Waals surface area contributed by atoms with E-state index >= 15 is 0 Å². The molecule has 1 aromatic rings. The highest BCUT2D eigenvalue weighted by Gasteiger charge is 2.09. The summed E-state index contributed by atoms with van der Waals surface area (Å²) < 4.78 is 4.98. The Balaban J connectivity index is 2.47. The molecule has 0 fully saturated rings. The van der Waals surface area contributed by atoms with E-state index in [0.29, 0.717) is 5.69 Å². The van der Waals surface area contributed by atoms with E-state index in [0.717, 1.165) is 31.7 Å². The predicted octanol–water partition coefficient (Wildman–Crippen LogP) is 1.62. The molecule has 0 spiro atoms. The van der Waals surface area contributed by atoms with Crippen LogP contribution in [-0.4, -0.2) is 50.1 Å². The molecule has 0 aromatic carbocycles. The third-order valence-electron chi connectivity index (χ3n) is 2.49. The molecule has 0 aliphatic heterocycles. The van der Waals surface area contributed by atoms with Crippen LogP contribution >= 0.6 is 0 Å². The Kier molecular flexibility index (Phi) is 6.14. The first-order chi connectivity index (χ1) is 8.65. The Morgan fingerprint density at radius 3 is 2.89 bits per heavy atom. The van der Waals surface area contributed by atoms with Gasteiger partial charge in [-0.3, -0.25) is 9.78 Å². The van der Waals surface area contributed by atoms with Gasteiger partial charge in [-0.25, -0.2) is 0 Å². The molecule has 0 saturated heterocycles. The fourth-order valence-electron chi connectivity index (χ4n) is 1.49. The third kappa shape index (κ3) is 4.71. The number of amides is 1. The summed E-state index contributed by atoms with van der Waals surface area (Å²) in [6.45, 7) is 1.64. The Bertz CT molecular complexity index is 380. The van der Waals surface area contributed by atoms with Crippen molar-refractivity contribution in [2.75, 3.05) is 39.7 Å². The summed E-state index contributed by atoms with van der Waals surface area (Å²) in [6.07, 6.45) is 3.71. The summed E-state index contributed by atoms with van der Waals surface area (Å²) in [7, 11) is 5.14. The van der Waals surface area contributed by atoms with Crippen LogP contribution in [0, 0.1) is 0 Å². The van der Waals surface area contributed by atoms with Gasteiger partial charge < -0.3 is 15.0 Å². The number of hydrogen-bond acceptors (Lipinski definition) is 4. The Hall–Kier alpha value is -1.62. The van der Waals surface area contributed by atoms with Crippen molar-refractivity contribution in [2.24, 2.45) is 0 Å². The molecule has 0 bridgehead atoms. The van der Waals surface area contributed by atoms with Gasteiger partial charge in [0.2, 0.25) is 0 Å². The largest absolute Gasteiger partial charge is 0.385 e. The molecule has 0 aliphatic rings. The van der Waals surface area contributed by atoms with Crippen LogP contribution in [0.15, 0.2) is 18.3 Å². The molecule has 5 nitrogen and oxygen atoms in total. The molecule has 100 valence electrons. The molecule has 18 heavy (non-hydrogen) atoms. The van der Waals surface area contributed by atoms with Crippen LogP contribution in [0.5, 0.6) is 0 Å². The van der Waals surface area contributed by atoms with Gasteiger partial charge in [0.05, 0.1) is 0 Å². The third-order valence-corrected chi connectivity index (χ3v) is 2.49. The summed E-state index contributed by atoms with van der Waals surface area (Å²) in [5, 5.41) is 3.27. The number of methoxy groups -OCH3 is 1. The second-order valence-electron chi connectivity index (χ2n) is 4.26. The first-order valence-corrected chi connectivity index (χ1v) is 6.05. The lowest BCUT2D eigenvalue weighted by Crippen LogP contribution is -2.22. The van der Waals surface area contributed by atoms with Crippen molar-refractivity contribution >= 4 is 11.6 Å². The highest BCUT2D eigenvalue weighted by molar-refractivity contribution is 5.92. The highest BCUT2D eigenvalue weighted by atomic mass is 16.5. The number of rotatable bonds is 7. The maximum atomic E-state index is 11.7. The van der Waals surface area contributed by atoms with Gasteiger partial charge in [-0.05, 0) is 25.0 Å². The van der Waals surface area contributed by atoms with E-state index < -0.39 is 0 Å². The first kappa shape index (κ1) is 14.4. The molecular formula is C13H21N3O2. The molecule has 1 aromatic heterocycles. The van der Waals surface area contributed by atoms with Crippen molar-refractivity contribution < 1.29 is 9.53 Å². The lowest BCUT2D eigenvalue weighted by atomic mass is 10.2. The smallest absolute Gasteiger partial charge is 0.272 e. The van der Waals surface area contributed by atoms with E-state index in [4.69, 9.17) is 4.74 Å². The summed E-state index contributed by atoms with van der Waals surface area (Å²) in [5.74, 6) is -0.0852. The standard InChI is InChI=1S/C13H21N3O2/c1-16(2)13(17)12-10-11(6-8-15-12)14-7-4-5-9-18-3/h6,8,10H,4-5,7,9H2,1-3H3,(H,14,15). The fraction of sp³-hybridized carbons (Fsp3) is 0.538. The van der Waals surface area contributed by atoms with Crippen LogP contribution in [-0.2, 0) is 4.74 Å². The number of ether oxygens (including phenoxy) is 1. The molecule has 1 N–H and O–H groups in total. The van der Waals surface area contributed by atoms with Gasteiger partial charge in [-0.15, -0.1) is 0 Å². The van der Waals surface area contributed by atoms with E-state index in [1.165, 1.54) is 4.90 Å². The second-order valence-corrected chi connectivity index (χ2v) is 4.26. The first-order valence-electron chi connectivity index (χ1n) is 6.05. The average Bonchev–Trinajstić information content (AvgIpc) is 2.38. The van der Waals surface area contributed by atoms with Crippen LogP contribution in [0.4, 0.5) is 5.69 Å². The zero-order chi connectivity index (χ0) is 13.4. The molecule has 1 amide bonds. The van der Waals surface area contributed by atoms with Gasteiger partial charge in [0.1, 0.15) is 5.69 Å². The Labute approximate surface area is 108 Å². The van der Waals surface area contributed by atoms with Crippen molar-refractivity contribution in [3.05, 3.63) is 24.0 Å². The normalized spacial score (nSPS) is 10.2. The van der Waals surface area contributed by atoms with Crippen molar-refractivity contribution in [2.45, 2.75) is 12.8 Å². The van der Waals surface area contributed by atoms with Gasteiger partial charge >= 0.3 is 0 Å². The van der Waals surface area contributed by atoms with Gasteiger partial charge in [0.25, 0.3) is 5.91 Å². The number of nitrogens with zero attached hydrogens (tertiary/aromatic N) is 2. The van der Waals surface area contributed by atoms with E-state index in [1.54, 1.807) is 33.5 Å². The van der Waals surface area contributed by atoms with Crippen LogP contribution < -0.4 is 5.32 Å². The van der Waals surface area contributed by atoms with E-state index in [2.05, 4.69) is 10.3 Å². The number of aromatic nitrogens is 1. The molecule has 1 rings (SSSR count). The summed E-state index contributed by atoms with van der Waals surface area (Å²) in [5.41, 5.74) is 1.38. The van der Waals surface area contributed by atoms with Crippen molar-refractivity contribution in [1.29, 1.82) is 0 Å². The topological polar surface area (TPSA) is 54.5 Å². The predicted molar refractivity (Wildman–Crippen MR) is 71.9 cm³/mol. The number of hydrogen-bond donors (Lipinski definition) is 1. The molecule has 0 atom stereocenters. The molecule has 5 heteroatoms. The Morgan fingerprint density at radius 1 is 1.44 bits per heavy atom. The molecular weight excluding hydrogens is 230 g/mol. The van der Waals surface area contributed by atoms with E-state index in [9.17, 15) is 4.79 Å². The number of nitrogens with one attached hydrogen (secondary N) is 1. The van der Waals surface area contributed by atoms with Crippen LogP contribution in [0.2, 0.25) is 0 Å². The van der Waals surface area contributed by atoms with Gasteiger partial charge in [0.15, 0.2) is 0 Å². The SMILES string of the molecule is COCCCCNc1ccnc(C(=O)N(C)C)c1. The summed E-state index contributed by atoms with van der Waals surface area (Å²) in [6, 6.07) is 3.64. The minimum absolute atomic E-state index is 0.0852. The van der Waals surface area contributed by atoms with E-state index in [-0.39, 0.29) is 5.91 Å². The molecule has 0 saturated carbocycles. The maximum absolute atomic E-state index is 11.7. The van der Waals surface area contributed by atoms with Crippen LogP contribution in [0.1, 0.15) is 23.3 Å². The fourth-order valence-corrected chi connectivity index (χ4v) is 1.49. The van der Waals surface area contributed by atoms with Crippen molar-refractivity contribution in [3.8, 4) is 0 Å².